The molecule has 3 heteroatoms. The molecule has 1 aliphatic heterocycles. The van der Waals surface area contributed by atoms with Gasteiger partial charge in [0, 0.05) is 21.8 Å². The van der Waals surface area contributed by atoms with Gasteiger partial charge in [-0.2, -0.15) is 5.26 Å². The molecule has 0 saturated carbocycles. The van der Waals surface area contributed by atoms with E-state index in [9.17, 15) is 4.79 Å². The van der Waals surface area contributed by atoms with Crippen molar-refractivity contribution >= 4 is 11.6 Å². The number of carbonyl (C=O) groups excluding carboxylic acids is 1. The lowest BCUT2D eigenvalue weighted by molar-refractivity contribution is -0.122. The largest absolute Gasteiger partial charge is 0.314 e. The van der Waals surface area contributed by atoms with E-state index in [2.05, 4.69) is 0 Å². The Balaban J connectivity index is 2.52. The summed E-state index contributed by atoms with van der Waals surface area (Å²) in [5.41, 5.74) is 0.611. The maximum absolute atomic E-state index is 12.3. The van der Waals surface area contributed by atoms with E-state index in [1.807, 2.05) is 24.3 Å². The summed E-state index contributed by atoms with van der Waals surface area (Å²) in [7, 11) is 1.67. The lowest BCUT2D eigenvalue weighted by Gasteiger charge is -2.21. The third kappa shape index (κ3) is 1.30. The number of rotatable bonds is 2. The highest BCUT2D eigenvalue weighted by Gasteiger charge is 2.45. The fourth-order valence-electron chi connectivity index (χ4n) is 2.21. The molecular formula is C13H14N2O. The lowest BCUT2D eigenvalue weighted by Crippen LogP contribution is -2.35. The fourth-order valence-corrected chi connectivity index (χ4v) is 2.21. The van der Waals surface area contributed by atoms with Crippen LogP contribution in [0, 0.1) is 11.3 Å². The standard InChI is InChI=1S/C13H14N2O/c1-13(8-5-9-14)10-6-3-4-7-11(10)15(2)12(13)16/h3-4,6-7H,5,8H2,1-2H3/t13-/m0/s1/i5D2. The number of likely N-dealkylation sites (N-methyl/N-ethyl adjacent to an activating group) is 1. The molecule has 0 spiro atoms. The van der Waals surface area contributed by atoms with Gasteiger partial charge in [-0.05, 0) is 25.0 Å². The highest BCUT2D eigenvalue weighted by molar-refractivity contribution is 6.07. The average Bonchev–Trinajstić information content (AvgIpc) is 2.52. The maximum atomic E-state index is 12.3. The van der Waals surface area contributed by atoms with E-state index in [1.165, 1.54) is 4.90 Å². The van der Waals surface area contributed by atoms with Crippen LogP contribution in [0.15, 0.2) is 24.3 Å². The highest BCUT2D eigenvalue weighted by atomic mass is 16.2. The molecule has 82 valence electrons. The first kappa shape index (κ1) is 8.35. The summed E-state index contributed by atoms with van der Waals surface area (Å²) in [5.74, 6) is -0.164. The summed E-state index contributed by atoms with van der Waals surface area (Å²) in [4.78, 5) is 13.9. The van der Waals surface area contributed by atoms with Crippen LogP contribution in [0.4, 0.5) is 5.69 Å². The topological polar surface area (TPSA) is 44.1 Å². The third-order valence-corrected chi connectivity index (χ3v) is 3.16. The Kier molecular flexibility index (Phi) is 1.90. The van der Waals surface area contributed by atoms with Gasteiger partial charge >= 0.3 is 0 Å². The molecule has 0 aliphatic carbocycles. The van der Waals surface area contributed by atoms with Gasteiger partial charge in [-0.3, -0.25) is 4.79 Å². The van der Waals surface area contributed by atoms with Gasteiger partial charge in [0.2, 0.25) is 5.91 Å². The van der Waals surface area contributed by atoms with Crippen molar-refractivity contribution in [3.05, 3.63) is 29.8 Å². The Bertz CT molecular complexity index is 550. The molecule has 1 heterocycles. The van der Waals surface area contributed by atoms with Gasteiger partial charge in [-0.25, -0.2) is 0 Å². The van der Waals surface area contributed by atoms with Crippen molar-refractivity contribution in [2.45, 2.75) is 25.1 Å². The number of carbonyl (C=O) groups is 1. The van der Waals surface area contributed by atoms with Crippen LogP contribution in [0.2, 0.25) is 0 Å². The van der Waals surface area contributed by atoms with Gasteiger partial charge in [0.25, 0.3) is 0 Å². The second kappa shape index (κ2) is 3.64. The zero-order chi connectivity index (χ0) is 13.6. The van der Waals surface area contributed by atoms with E-state index in [4.69, 9.17) is 8.00 Å². The normalized spacial score (nSPS) is 25.8. The zero-order valence-electron chi connectivity index (χ0n) is 11.3. The van der Waals surface area contributed by atoms with Crippen molar-refractivity contribution in [3.8, 4) is 6.07 Å². The van der Waals surface area contributed by atoms with Crippen molar-refractivity contribution in [1.82, 2.24) is 0 Å². The number of hydrogen-bond donors (Lipinski definition) is 0. The molecule has 1 aromatic carbocycles. The number of para-hydroxylation sites is 1. The number of amides is 1. The Morgan fingerprint density at radius 2 is 2.25 bits per heavy atom. The molecule has 1 amide bonds. The van der Waals surface area contributed by atoms with Crippen molar-refractivity contribution < 1.29 is 7.54 Å². The smallest absolute Gasteiger partial charge is 0.237 e. The zero-order valence-corrected chi connectivity index (χ0v) is 9.32. The van der Waals surface area contributed by atoms with Crippen LogP contribution in [-0.2, 0) is 10.2 Å². The minimum absolute atomic E-state index is 0.128. The minimum Gasteiger partial charge on any atom is -0.314 e. The summed E-state index contributed by atoms with van der Waals surface area (Å²) in [6, 6.07) is 8.94. The van der Waals surface area contributed by atoms with E-state index in [0.717, 1.165) is 11.3 Å². The third-order valence-electron chi connectivity index (χ3n) is 3.16. The van der Waals surface area contributed by atoms with Gasteiger partial charge < -0.3 is 4.90 Å². The first-order chi connectivity index (χ1) is 8.32. The van der Waals surface area contributed by atoms with E-state index in [0.29, 0.717) is 0 Å². The second-order valence-corrected chi connectivity index (χ2v) is 4.18. The molecule has 3 nitrogen and oxygen atoms in total. The van der Waals surface area contributed by atoms with Crippen molar-refractivity contribution in [2.24, 2.45) is 0 Å². The summed E-state index contributed by atoms with van der Waals surface area (Å²) >= 11 is 0. The Morgan fingerprint density at radius 3 is 2.94 bits per heavy atom. The van der Waals surface area contributed by atoms with E-state index in [-0.39, 0.29) is 12.3 Å². The molecular weight excluding hydrogens is 200 g/mol. The first-order valence-corrected chi connectivity index (χ1v) is 5.11. The molecule has 16 heavy (non-hydrogen) atoms. The highest BCUT2D eigenvalue weighted by Crippen LogP contribution is 2.43. The monoisotopic (exact) mass is 216 g/mol. The number of anilines is 1. The van der Waals surface area contributed by atoms with Gasteiger partial charge in [0.1, 0.15) is 0 Å². The number of nitriles is 1. The van der Waals surface area contributed by atoms with E-state index in [1.54, 1.807) is 20.0 Å². The van der Waals surface area contributed by atoms with Gasteiger partial charge in [0.05, 0.1) is 11.5 Å². The molecule has 0 saturated heterocycles. The van der Waals surface area contributed by atoms with Gasteiger partial charge in [-0.15, -0.1) is 0 Å². The summed E-state index contributed by atoms with van der Waals surface area (Å²) in [6.07, 6.45) is -2.14. The number of nitrogens with zero attached hydrogens (tertiary/aromatic N) is 2. The Labute approximate surface area is 98.1 Å². The van der Waals surface area contributed by atoms with Crippen molar-refractivity contribution in [2.75, 3.05) is 11.9 Å². The predicted octanol–water partition coefficient (Wildman–Crippen LogP) is 2.22. The van der Waals surface area contributed by atoms with Gasteiger partial charge in [-0.1, -0.05) is 18.2 Å². The SMILES string of the molecule is [2H]C([2H])(C#N)C[C@]1(C)C(=O)N(C)c2ccccc21. The summed E-state index contributed by atoms with van der Waals surface area (Å²) in [5, 5.41) is 8.82. The van der Waals surface area contributed by atoms with Crippen LogP contribution in [-0.4, -0.2) is 13.0 Å². The minimum atomic E-state index is -2.01. The van der Waals surface area contributed by atoms with Crippen molar-refractivity contribution in [3.63, 3.8) is 0 Å². The molecule has 0 fully saturated rings. The lowest BCUT2D eigenvalue weighted by atomic mass is 9.80. The van der Waals surface area contributed by atoms with Crippen LogP contribution >= 0.6 is 0 Å². The molecule has 0 aromatic heterocycles. The van der Waals surface area contributed by atoms with Crippen LogP contribution in [0.1, 0.15) is 28.0 Å². The molecule has 1 atom stereocenters. The van der Waals surface area contributed by atoms with Crippen LogP contribution < -0.4 is 4.90 Å². The van der Waals surface area contributed by atoms with Crippen LogP contribution in [0.3, 0.4) is 0 Å². The van der Waals surface area contributed by atoms with Crippen LogP contribution in [0.5, 0.6) is 0 Å². The van der Waals surface area contributed by atoms with E-state index < -0.39 is 11.8 Å². The number of fused-ring (bicyclic) bond motifs is 1. The molecule has 0 unspecified atom stereocenters. The average molecular weight is 216 g/mol. The first-order valence-electron chi connectivity index (χ1n) is 6.11. The quantitative estimate of drug-likeness (QED) is 0.760. The second-order valence-electron chi connectivity index (χ2n) is 4.18. The molecule has 1 aliphatic rings. The summed E-state index contributed by atoms with van der Waals surface area (Å²) < 4.78 is 15.2. The molecule has 2 rings (SSSR count). The summed E-state index contributed by atoms with van der Waals surface area (Å²) in [6.45, 7) is 1.70. The fraction of sp³-hybridized carbons (Fsp3) is 0.385. The molecule has 0 radical (unpaired) electrons. The van der Waals surface area contributed by atoms with Crippen molar-refractivity contribution in [1.29, 1.82) is 5.26 Å². The maximum Gasteiger partial charge on any atom is 0.237 e. The Hall–Kier alpha value is -1.82. The van der Waals surface area contributed by atoms with E-state index >= 15 is 0 Å². The number of hydrogen-bond acceptors (Lipinski definition) is 2. The van der Waals surface area contributed by atoms with Gasteiger partial charge in [0.15, 0.2) is 0 Å². The predicted molar refractivity (Wildman–Crippen MR) is 62.1 cm³/mol. The molecule has 0 N–H and O–H groups in total. The molecule has 0 bridgehead atoms. The molecule has 1 aromatic rings. The van der Waals surface area contributed by atoms with Crippen LogP contribution in [0.25, 0.3) is 0 Å². The number of benzene rings is 1. The Morgan fingerprint density at radius 1 is 1.56 bits per heavy atom.